The first-order valence-corrected chi connectivity index (χ1v) is 27.5. The van der Waals surface area contributed by atoms with Crippen LogP contribution < -0.4 is 9.47 Å². The second kappa shape index (κ2) is 24.9. The van der Waals surface area contributed by atoms with Gasteiger partial charge in [-0.25, -0.2) is 0 Å². The molecule has 18 heteroatoms. The smallest absolute Gasteiger partial charge is 0.380 e. The zero-order valence-corrected chi connectivity index (χ0v) is 46.2. The minimum atomic E-state index is -5.79. The van der Waals surface area contributed by atoms with Crippen molar-refractivity contribution in [3.05, 3.63) is 116 Å². The van der Waals surface area contributed by atoms with Crippen molar-refractivity contribution in [1.29, 1.82) is 0 Å². The van der Waals surface area contributed by atoms with Crippen LogP contribution in [0.2, 0.25) is 0 Å². The molecule has 4 aromatic heterocycles. The van der Waals surface area contributed by atoms with Gasteiger partial charge in [-0.15, -0.1) is 45.3 Å². The monoisotopic (exact) mass is 1110 g/mol. The summed E-state index contributed by atoms with van der Waals surface area (Å²) in [6, 6.07) is 23.8. The average molecular weight is 1110 g/mol. The lowest BCUT2D eigenvalue weighted by Gasteiger charge is -2.26. The molecule has 0 N–H and O–H groups in total. The second-order valence-electron chi connectivity index (χ2n) is 19.6. The summed E-state index contributed by atoms with van der Waals surface area (Å²) in [5.41, 5.74) is -3.05. The average Bonchev–Trinajstić information content (AvgIpc) is 4.20. The molecule has 4 heterocycles. The Hall–Kier alpha value is -4.08. The van der Waals surface area contributed by atoms with E-state index in [1.165, 1.54) is 34.8 Å². The highest BCUT2D eigenvalue weighted by Gasteiger charge is 2.80. The van der Waals surface area contributed by atoms with Gasteiger partial charge in [0, 0.05) is 76.4 Å². The summed E-state index contributed by atoms with van der Waals surface area (Å²) in [7, 11) is 3.19. The Bertz CT molecular complexity index is 2760. The highest BCUT2D eigenvalue weighted by atomic mass is 32.1. The summed E-state index contributed by atoms with van der Waals surface area (Å²) in [6.07, 6.45) is -0.0187. The number of allylic oxidation sites excluding steroid dienone is 2. The van der Waals surface area contributed by atoms with Crippen molar-refractivity contribution in [3.8, 4) is 41.4 Å². The molecule has 74 heavy (non-hydrogen) atoms. The van der Waals surface area contributed by atoms with E-state index in [0.29, 0.717) is 102 Å². The first-order chi connectivity index (χ1) is 35.2. The first kappa shape index (κ1) is 57.6. The molecule has 1 aliphatic rings. The first-order valence-electron chi connectivity index (χ1n) is 24.3. The third-order valence-corrected chi connectivity index (χ3v) is 17.7. The van der Waals surface area contributed by atoms with Crippen molar-refractivity contribution in [2.24, 2.45) is 0 Å². The number of hydrogen-bond donors (Lipinski definition) is 0. The number of ether oxygens (including phenoxy) is 8. The van der Waals surface area contributed by atoms with Gasteiger partial charge in [0.2, 0.25) is 0 Å². The predicted molar refractivity (Wildman–Crippen MR) is 287 cm³/mol. The van der Waals surface area contributed by atoms with E-state index in [1.807, 2.05) is 65.8 Å². The number of methoxy groups -OCH3 is 2. The van der Waals surface area contributed by atoms with Crippen molar-refractivity contribution in [2.45, 2.75) is 76.6 Å². The molecule has 0 amide bonds. The predicted octanol–water partition coefficient (Wildman–Crippen LogP) is 15.1. The number of thiophene rings is 4. The van der Waals surface area contributed by atoms with Crippen molar-refractivity contribution >= 4 is 56.5 Å². The summed E-state index contributed by atoms with van der Waals surface area (Å²) in [5.74, 6) is -15.4. The van der Waals surface area contributed by atoms with Gasteiger partial charge in [0.15, 0.2) is 0 Å². The van der Waals surface area contributed by atoms with Gasteiger partial charge in [-0.05, 0) is 100 Å². The van der Waals surface area contributed by atoms with Crippen LogP contribution in [0.5, 0.6) is 11.5 Å². The van der Waals surface area contributed by atoms with Gasteiger partial charge in [-0.3, -0.25) is 0 Å². The molecule has 7 rings (SSSR count). The molecule has 402 valence electrons. The standard InChI is InChI=1S/C56H64F6O8S4/c1-52(2,3)47-19-17-42(72-47)45-34-40(44(71-45)33-36-9-13-38(14-10-36)69-31-29-67-27-25-65-23-21-63-7)49-50(55(59,60)56(61,62)54(49,57)58)41-35-46(43-18-20-48(73-43)53(4,5)6)74-51(41)37-11-15-39(16-12-37)70-32-30-68-28-26-66-24-22-64-8/h9-20,34-35H,21-33H2,1-8H3. The summed E-state index contributed by atoms with van der Waals surface area (Å²) < 4.78 is 145. The second-order valence-corrected chi connectivity index (χ2v) is 23.9. The third kappa shape index (κ3) is 13.5. The van der Waals surface area contributed by atoms with Crippen LogP contribution in [0.4, 0.5) is 26.3 Å². The maximum Gasteiger partial charge on any atom is 0.380 e. The molecule has 2 aromatic carbocycles. The maximum absolute atomic E-state index is 17.1. The van der Waals surface area contributed by atoms with E-state index in [9.17, 15) is 0 Å². The van der Waals surface area contributed by atoms with Crippen LogP contribution >= 0.6 is 45.3 Å². The van der Waals surface area contributed by atoms with Crippen LogP contribution in [-0.2, 0) is 45.7 Å². The topological polar surface area (TPSA) is 73.8 Å². The SMILES string of the molecule is COCCOCCOCCOc1ccc(Cc2sc(-c3ccc(C(C)(C)C)s3)cc2C2=C(c3cc(-c4ccc(C(C)(C)C)s4)sc3-c3ccc(OCCOCCOCCOC)cc3)C(F)(F)C(F)(F)C2(F)F)cc1. The fourth-order valence-electron chi connectivity index (χ4n) is 7.94. The minimum absolute atomic E-state index is 0.0187. The van der Waals surface area contributed by atoms with Crippen LogP contribution in [0.25, 0.3) is 41.1 Å². The summed E-state index contributed by atoms with van der Waals surface area (Å²) in [4.78, 5) is 4.73. The van der Waals surface area contributed by atoms with E-state index in [1.54, 1.807) is 62.8 Å². The van der Waals surface area contributed by atoms with E-state index < -0.39 is 34.5 Å². The molecule has 0 unspecified atom stereocenters. The molecular weight excluding hydrogens is 1040 g/mol. The molecule has 1 aliphatic carbocycles. The Morgan fingerprint density at radius 1 is 0.432 bits per heavy atom. The molecule has 0 bridgehead atoms. The quantitative estimate of drug-likeness (QED) is 0.0373. The van der Waals surface area contributed by atoms with E-state index in [2.05, 4.69) is 0 Å². The van der Waals surface area contributed by atoms with Gasteiger partial charge in [-0.1, -0.05) is 53.7 Å². The summed E-state index contributed by atoms with van der Waals surface area (Å²) >= 11 is 5.10. The van der Waals surface area contributed by atoms with Crippen molar-refractivity contribution < 1.29 is 64.2 Å². The molecule has 0 radical (unpaired) electrons. The van der Waals surface area contributed by atoms with Crippen LogP contribution in [0, 0.1) is 0 Å². The van der Waals surface area contributed by atoms with Crippen molar-refractivity contribution in [1.82, 2.24) is 0 Å². The molecule has 6 aromatic rings. The third-order valence-electron chi connectivity index (χ3n) is 11.9. The molecule has 8 nitrogen and oxygen atoms in total. The Balaban J connectivity index is 1.28. The van der Waals surface area contributed by atoms with E-state index in [0.717, 1.165) is 32.4 Å². The van der Waals surface area contributed by atoms with E-state index >= 15 is 26.3 Å². The van der Waals surface area contributed by atoms with E-state index in [4.69, 9.17) is 37.9 Å². The molecular formula is C56H64F6O8S4. The zero-order chi connectivity index (χ0) is 53.3. The summed E-state index contributed by atoms with van der Waals surface area (Å²) in [5, 5.41) is 0. The van der Waals surface area contributed by atoms with Crippen LogP contribution in [0.3, 0.4) is 0 Å². The van der Waals surface area contributed by atoms with Crippen molar-refractivity contribution in [2.75, 3.05) is 93.5 Å². The molecule has 0 saturated heterocycles. The zero-order valence-electron chi connectivity index (χ0n) is 42.9. The van der Waals surface area contributed by atoms with Gasteiger partial charge >= 0.3 is 17.8 Å². The number of hydrogen-bond acceptors (Lipinski definition) is 12. The normalized spacial score (nSPS) is 15.4. The number of alkyl halides is 6. The van der Waals surface area contributed by atoms with Crippen LogP contribution in [0.1, 0.15) is 72.9 Å². The maximum atomic E-state index is 17.1. The van der Waals surface area contributed by atoms with Gasteiger partial charge in [0.05, 0.1) is 66.1 Å². The number of rotatable bonds is 27. The van der Waals surface area contributed by atoms with Gasteiger partial charge in [0.1, 0.15) is 24.7 Å². The molecule has 0 aliphatic heterocycles. The number of benzene rings is 2. The van der Waals surface area contributed by atoms with E-state index in [-0.39, 0.29) is 52.4 Å². The summed E-state index contributed by atoms with van der Waals surface area (Å²) in [6.45, 7) is 16.7. The lowest BCUT2D eigenvalue weighted by molar-refractivity contribution is -0.254. The van der Waals surface area contributed by atoms with Crippen molar-refractivity contribution in [3.63, 3.8) is 0 Å². The fourth-order valence-corrected chi connectivity index (χ4v) is 12.6. The van der Waals surface area contributed by atoms with Gasteiger partial charge in [-0.2, -0.15) is 26.3 Å². The number of halogens is 6. The largest absolute Gasteiger partial charge is 0.491 e. The molecule has 0 fully saturated rings. The molecule has 0 spiro atoms. The lowest BCUT2D eigenvalue weighted by Crippen LogP contribution is -2.48. The molecule has 0 atom stereocenters. The van der Waals surface area contributed by atoms with Gasteiger partial charge < -0.3 is 37.9 Å². The highest BCUT2D eigenvalue weighted by molar-refractivity contribution is 7.24. The highest BCUT2D eigenvalue weighted by Crippen LogP contribution is 2.67. The van der Waals surface area contributed by atoms with Crippen LogP contribution in [-0.4, -0.2) is 111 Å². The Morgan fingerprint density at radius 2 is 0.838 bits per heavy atom. The molecule has 0 saturated carbocycles. The Labute approximate surface area is 446 Å². The lowest BCUT2D eigenvalue weighted by atomic mass is 9.92. The van der Waals surface area contributed by atoms with Gasteiger partial charge in [0.25, 0.3) is 0 Å². The Morgan fingerprint density at radius 3 is 1.28 bits per heavy atom. The Kier molecular flexibility index (Phi) is 19.4. The van der Waals surface area contributed by atoms with Crippen LogP contribution in [0.15, 0.2) is 84.9 Å². The fraction of sp³-hybridized carbons (Fsp3) is 0.464. The minimum Gasteiger partial charge on any atom is -0.491 e.